The lowest BCUT2D eigenvalue weighted by Gasteiger charge is -2.43. The number of ether oxygens (including phenoxy) is 2. The van der Waals surface area contributed by atoms with Crippen LogP contribution in [0.2, 0.25) is 0 Å². The van der Waals surface area contributed by atoms with Crippen LogP contribution in [0.1, 0.15) is 27.7 Å². The van der Waals surface area contributed by atoms with E-state index in [4.69, 9.17) is 9.47 Å². The molecule has 0 saturated heterocycles. The third kappa shape index (κ3) is 3.05. The van der Waals surface area contributed by atoms with Crippen molar-refractivity contribution in [1.82, 2.24) is 5.32 Å². The minimum absolute atomic E-state index is 0.265. The highest BCUT2D eigenvalue weighted by atomic mass is 28.1. The van der Waals surface area contributed by atoms with Gasteiger partial charge in [-0.15, -0.1) is 0 Å². The van der Waals surface area contributed by atoms with Gasteiger partial charge in [-0.05, 0) is 34.7 Å². The molecule has 1 N–H and O–H groups in total. The lowest BCUT2D eigenvalue weighted by atomic mass is 10.1. The second-order valence-electron chi connectivity index (χ2n) is 3.66. The van der Waals surface area contributed by atoms with Crippen LogP contribution in [0.3, 0.4) is 0 Å². The van der Waals surface area contributed by atoms with E-state index in [-0.39, 0.29) is 10.9 Å². The minimum Gasteiger partial charge on any atom is -0.372 e. The molecule has 0 saturated carbocycles. The normalized spacial score (nSPS) is 17.3. The summed E-state index contributed by atoms with van der Waals surface area (Å²) in [5.41, 5.74) is -0.265. The number of likely N-dealkylation sites (N-methyl/N-ethyl adjacent to an activating group) is 1. The van der Waals surface area contributed by atoms with Crippen molar-refractivity contribution in [3.8, 4) is 0 Å². The summed E-state index contributed by atoms with van der Waals surface area (Å²) in [4.78, 5) is 0. The molecule has 0 aromatic carbocycles. The van der Waals surface area contributed by atoms with E-state index in [1.165, 1.54) is 0 Å². The van der Waals surface area contributed by atoms with E-state index >= 15 is 0 Å². The molecule has 0 heterocycles. The molecule has 80 valence electrons. The molecule has 1 unspecified atom stereocenters. The van der Waals surface area contributed by atoms with Gasteiger partial charge < -0.3 is 9.47 Å². The topological polar surface area (TPSA) is 30.5 Å². The maximum Gasteiger partial charge on any atom is 0.122 e. The average Bonchev–Trinajstić information content (AvgIpc) is 2.04. The van der Waals surface area contributed by atoms with E-state index in [0.717, 1.165) is 10.2 Å². The fourth-order valence-corrected chi connectivity index (χ4v) is 1.77. The van der Waals surface area contributed by atoms with Crippen LogP contribution in [0.4, 0.5) is 0 Å². The largest absolute Gasteiger partial charge is 0.372 e. The molecular formula is C9H23NO2Si. The van der Waals surface area contributed by atoms with Crippen LogP contribution >= 0.6 is 0 Å². The second-order valence-corrected chi connectivity index (χ2v) is 5.07. The Morgan fingerprint density at radius 2 is 1.62 bits per heavy atom. The van der Waals surface area contributed by atoms with Gasteiger partial charge in [0.25, 0.3) is 0 Å². The van der Waals surface area contributed by atoms with Crippen molar-refractivity contribution in [1.29, 1.82) is 0 Å². The summed E-state index contributed by atoms with van der Waals surface area (Å²) in [7, 11) is 2.81. The molecule has 1 atom stereocenters. The summed E-state index contributed by atoms with van der Waals surface area (Å²) in [6, 6.07) is 0. The quantitative estimate of drug-likeness (QED) is 0.492. The van der Waals surface area contributed by atoms with E-state index < -0.39 is 0 Å². The Balaban J connectivity index is 4.51. The van der Waals surface area contributed by atoms with Crippen molar-refractivity contribution in [2.75, 3.05) is 20.3 Å². The highest BCUT2D eigenvalue weighted by Gasteiger charge is 2.41. The number of rotatable bonds is 6. The van der Waals surface area contributed by atoms with Crippen molar-refractivity contribution in [2.45, 2.75) is 38.6 Å². The first-order valence-electron chi connectivity index (χ1n) is 4.90. The Bertz CT molecular complexity index is 153. The zero-order valence-electron chi connectivity index (χ0n) is 9.73. The molecule has 0 radical (unpaired) electrons. The van der Waals surface area contributed by atoms with Gasteiger partial charge in [0, 0.05) is 13.2 Å². The van der Waals surface area contributed by atoms with Gasteiger partial charge in [0.15, 0.2) is 0 Å². The van der Waals surface area contributed by atoms with Gasteiger partial charge in [-0.3, -0.25) is 5.32 Å². The lowest BCUT2D eigenvalue weighted by molar-refractivity contribution is -0.158. The van der Waals surface area contributed by atoms with Crippen LogP contribution in [0.15, 0.2) is 0 Å². The summed E-state index contributed by atoms with van der Waals surface area (Å²) in [5.74, 6) is 0. The van der Waals surface area contributed by atoms with Crippen molar-refractivity contribution >= 4 is 10.2 Å². The molecule has 0 aromatic rings. The Morgan fingerprint density at radius 3 is 1.92 bits per heavy atom. The molecule has 0 bridgehead atoms. The second kappa shape index (κ2) is 5.10. The summed E-state index contributed by atoms with van der Waals surface area (Å²) in [5, 5.41) is 2.93. The zero-order valence-corrected chi connectivity index (χ0v) is 11.7. The molecule has 0 aromatic heterocycles. The first-order valence-corrected chi connectivity index (χ1v) is 5.90. The third-order valence-corrected chi connectivity index (χ3v) is 4.56. The van der Waals surface area contributed by atoms with Gasteiger partial charge in [0.2, 0.25) is 0 Å². The number of nitrogens with one attached hydrogen (secondary N) is 1. The van der Waals surface area contributed by atoms with E-state index in [0.29, 0.717) is 13.2 Å². The summed E-state index contributed by atoms with van der Waals surface area (Å²) in [6.45, 7) is 9.56. The molecule has 0 fully saturated rings. The van der Waals surface area contributed by atoms with Crippen LogP contribution in [-0.2, 0) is 9.47 Å². The van der Waals surface area contributed by atoms with Gasteiger partial charge in [-0.25, -0.2) is 0 Å². The highest BCUT2D eigenvalue weighted by Crippen LogP contribution is 2.23. The van der Waals surface area contributed by atoms with Gasteiger partial charge in [-0.1, -0.05) is 0 Å². The lowest BCUT2D eigenvalue weighted by Crippen LogP contribution is -2.62. The fourth-order valence-electron chi connectivity index (χ4n) is 1.33. The maximum absolute atomic E-state index is 5.72. The number of hydrogen-bond acceptors (Lipinski definition) is 3. The molecule has 0 aliphatic rings. The Labute approximate surface area is 84.6 Å². The van der Waals surface area contributed by atoms with Gasteiger partial charge in [0.05, 0.1) is 10.2 Å². The Kier molecular flexibility index (Phi) is 5.13. The SMILES string of the molecule is CCOC(C)(C)C([SiH3])(NC)OCC. The van der Waals surface area contributed by atoms with Crippen molar-refractivity contribution < 1.29 is 9.47 Å². The van der Waals surface area contributed by atoms with E-state index in [9.17, 15) is 0 Å². The van der Waals surface area contributed by atoms with E-state index in [2.05, 4.69) is 19.2 Å². The standard InChI is InChI=1S/C9H23NO2Si/c1-6-11-8(3,4)9(13,10-5)12-7-2/h10H,6-7H2,1-5,13H3. The zero-order chi connectivity index (χ0) is 10.5. The maximum atomic E-state index is 5.72. The van der Waals surface area contributed by atoms with Crippen molar-refractivity contribution in [3.63, 3.8) is 0 Å². The van der Waals surface area contributed by atoms with Crippen LogP contribution in [-0.4, -0.2) is 41.5 Å². The predicted octanol–water partition coefficient (Wildman–Crippen LogP) is 0.0766. The van der Waals surface area contributed by atoms with E-state index in [1.54, 1.807) is 0 Å². The first-order chi connectivity index (χ1) is 5.93. The molecule has 4 heteroatoms. The van der Waals surface area contributed by atoms with Gasteiger partial charge in [0.1, 0.15) is 10.9 Å². The molecule has 0 rings (SSSR count). The highest BCUT2D eigenvalue weighted by molar-refractivity contribution is 6.15. The van der Waals surface area contributed by atoms with Crippen LogP contribution in [0.25, 0.3) is 0 Å². The van der Waals surface area contributed by atoms with Gasteiger partial charge in [-0.2, -0.15) is 0 Å². The number of hydrogen-bond donors (Lipinski definition) is 1. The molecular weight excluding hydrogens is 182 g/mol. The minimum atomic E-state index is -0.294. The van der Waals surface area contributed by atoms with Crippen molar-refractivity contribution in [2.24, 2.45) is 0 Å². The molecule has 3 nitrogen and oxygen atoms in total. The van der Waals surface area contributed by atoms with Crippen LogP contribution < -0.4 is 5.32 Å². The predicted molar refractivity (Wildman–Crippen MR) is 59.1 cm³/mol. The molecule has 0 aliphatic heterocycles. The Hall–Kier alpha value is 0.0969. The molecule has 0 spiro atoms. The van der Waals surface area contributed by atoms with Crippen molar-refractivity contribution in [3.05, 3.63) is 0 Å². The smallest absolute Gasteiger partial charge is 0.122 e. The average molecular weight is 205 g/mol. The first kappa shape index (κ1) is 13.1. The monoisotopic (exact) mass is 205 g/mol. The Morgan fingerprint density at radius 1 is 1.15 bits per heavy atom. The molecule has 13 heavy (non-hydrogen) atoms. The molecule has 0 aliphatic carbocycles. The summed E-state index contributed by atoms with van der Waals surface area (Å²) >= 11 is 0. The molecule has 0 amide bonds. The third-order valence-electron chi connectivity index (χ3n) is 2.56. The summed E-state index contributed by atoms with van der Waals surface area (Å²) < 4.78 is 11.4. The van der Waals surface area contributed by atoms with Crippen LogP contribution in [0, 0.1) is 0 Å². The van der Waals surface area contributed by atoms with E-state index in [1.807, 2.05) is 20.9 Å². The van der Waals surface area contributed by atoms with Gasteiger partial charge >= 0.3 is 0 Å². The fraction of sp³-hybridized carbons (Fsp3) is 1.00. The summed E-state index contributed by atoms with van der Waals surface area (Å²) in [6.07, 6.45) is 0. The van der Waals surface area contributed by atoms with Crippen LogP contribution in [0.5, 0.6) is 0 Å².